The highest BCUT2D eigenvalue weighted by Crippen LogP contribution is 2.50. The molecule has 1 fully saturated rings. The van der Waals surface area contributed by atoms with Gasteiger partial charge in [-0.25, -0.2) is 4.79 Å². The number of carbonyl (C=O) groups is 1. The largest absolute Gasteiger partial charge is 0.462 e. The predicted molar refractivity (Wildman–Crippen MR) is 87.1 cm³/mol. The van der Waals surface area contributed by atoms with Gasteiger partial charge in [-0.1, -0.05) is 42.8 Å². The number of allylic oxidation sites excluding steroid dienone is 1. The van der Waals surface area contributed by atoms with Crippen LogP contribution in [-0.4, -0.2) is 18.6 Å². The number of nitrogens with zero attached hydrogens (tertiary/aromatic N) is 2. The van der Waals surface area contributed by atoms with E-state index in [1.807, 2.05) is 12.1 Å². The number of hydrogen-bond donors (Lipinski definition) is 1. The highest BCUT2D eigenvalue weighted by molar-refractivity contribution is 8.29. The van der Waals surface area contributed by atoms with E-state index in [1.54, 1.807) is 6.92 Å². The van der Waals surface area contributed by atoms with Crippen molar-refractivity contribution in [3.05, 3.63) is 19.7 Å². The van der Waals surface area contributed by atoms with Crippen LogP contribution in [0.5, 0.6) is 0 Å². The molecule has 2 aliphatic rings. The van der Waals surface area contributed by atoms with E-state index in [0.717, 1.165) is 24.6 Å². The van der Waals surface area contributed by atoms with Crippen molar-refractivity contribution in [3.8, 4) is 12.1 Å². The number of esters is 1. The van der Waals surface area contributed by atoms with Gasteiger partial charge in [0.05, 0.1) is 15.9 Å². The van der Waals surface area contributed by atoms with Crippen LogP contribution in [0.3, 0.4) is 0 Å². The van der Waals surface area contributed by atoms with E-state index in [0.29, 0.717) is 26.8 Å². The fourth-order valence-electron chi connectivity index (χ4n) is 2.38. The van der Waals surface area contributed by atoms with Crippen LogP contribution < -0.4 is 5.32 Å². The number of hydrogen-bond acceptors (Lipinski definition) is 7. The van der Waals surface area contributed by atoms with Crippen LogP contribution in [0.4, 0.5) is 0 Å². The number of ether oxygens (including phenoxy) is 1. The molecule has 0 atom stereocenters. The van der Waals surface area contributed by atoms with Crippen molar-refractivity contribution in [2.45, 2.75) is 45.1 Å². The average molecular weight is 335 g/mol. The van der Waals surface area contributed by atoms with Crippen LogP contribution in [-0.2, 0) is 9.53 Å². The molecule has 2 rings (SSSR count). The molecular formula is C15H17N3O2S2. The van der Waals surface area contributed by atoms with Crippen molar-refractivity contribution in [3.63, 3.8) is 0 Å². The van der Waals surface area contributed by atoms with E-state index in [9.17, 15) is 4.79 Å². The van der Waals surface area contributed by atoms with Gasteiger partial charge in [-0.2, -0.15) is 10.5 Å². The number of rotatable bonds is 4. The van der Waals surface area contributed by atoms with E-state index < -0.39 is 5.97 Å². The fraction of sp³-hybridized carbons (Fsp3) is 0.533. The Balaban J connectivity index is 2.21. The summed E-state index contributed by atoms with van der Waals surface area (Å²) in [5.41, 5.74) is 0.0391. The zero-order valence-corrected chi connectivity index (χ0v) is 14.0. The Kier molecular flexibility index (Phi) is 6.23. The molecular weight excluding hydrogens is 318 g/mol. The summed E-state index contributed by atoms with van der Waals surface area (Å²) < 4.78 is 5.63. The maximum Gasteiger partial charge on any atom is 0.347 e. The topological polar surface area (TPSA) is 85.9 Å². The second-order valence-electron chi connectivity index (χ2n) is 4.95. The summed E-state index contributed by atoms with van der Waals surface area (Å²) in [6.07, 6.45) is 5.77. The van der Waals surface area contributed by atoms with Gasteiger partial charge in [-0.15, -0.1) is 0 Å². The Morgan fingerprint density at radius 2 is 1.95 bits per heavy atom. The van der Waals surface area contributed by atoms with Crippen molar-refractivity contribution in [2.24, 2.45) is 0 Å². The van der Waals surface area contributed by atoms with E-state index in [-0.39, 0.29) is 5.57 Å². The van der Waals surface area contributed by atoms with Gasteiger partial charge in [0.2, 0.25) is 0 Å². The van der Waals surface area contributed by atoms with Crippen LogP contribution in [0, 0.1) is 22.7 Å². The van der Waals surface area contributed by atoms with Crippen LogP contribution in [0.1, 0.15) is 39.0 Å². The van der Waals surface area contributed by atoms with Crippen LogP contribution in [0.15, 0.2) is 19.7 Å². The van der Waals surface area contributed by atoms with Crippen molar-refractivity contribution in [1.29, 1.82) is 10.5 Å². The number of thioether (sulfide) groups is 2. The third-order valence-corrected chi connectivity index (χ3v) is 5.93. The van der Waals surface area contributed by atoms with Crippen molar-refractivity contribution >= 4 is 29.5 Å². The third kappa shape index (κ3) is 4.00. The molecule has 116 valence electrons. The van der Waals surface area contributed by atoms with E-state index in [4.69, 9.17) is 15.3 Å². The molecule has 0 radical (unpaired) electrons. The van der Waals surface area contributed by atoms with Crippen LogP contribution in [0.25, 0.3) is 0 Å². The summed E-state index contributed by atoms with van der Waals surface area (Å²) >= 11 is 2.44. The maximum absolute atomic E-state index is 12.1. The Hall–Kier alpha value is -1.57. The molecule has 5 nitrogen and oxygen atoms in total. The minimum atomic E-state index is -0.400. The molecule has 1 saturated carbocycles. The summed E-state index contributed by atoms with van der Waals surface area (Å²) in [6, 6.07) is 4.10. The lowest BCUT2D eigenvalue weighted by Gasteiger charge is -2.24. The van der Waals surface area contributed by atoms with Crippen molar-refractivity contribution in [2.75, 3.05) is 6.61 Å². The summed E-state index contributed by atoms with van der Waals surface area (Å²) in [4.78, 5) is 12.6. The Morgan fingerprint density at radius 3 is 2.55 bits per heavy atom. The summed E-state index contributed by atoms with van der Waals surface area (Å²) in [7, 11) is 0. The molecule has 1 aliphatic heterocycles. The van der Waals surface area contributed by atoms with E-state index in [2.05, 4.69) is 5.32 Å². The molecule has 0 aromatic heterocycles. The Bertz CT molecular complexity index is 577. The highest BCUT2D eigenvalue weighted by atomic mass is 32.2. The Labute approximate surface area is 138 Å². The molecule has 0 unspecified atom stereocenters. The molecule has 0 bridgehead atoms. The molecule has 1 aliphatic carbocycles. The minimum absolute atomic E-state index is 0.0391. The second-order valence-corrected chi connectivity index (χ2v) is 7.25. The molecule has 0 amide bonds. The van der Waals surface area contributed by atoms with Gasteiger partial charge in [-0.05, 0) is 19.8 Å². The lowest BCUT2D eigenvalue weighted by atomic mass is 9.96. The zero-order chi connectivity index (χ0) is 15.9. The minimum Gasteiger partial charge on any atom is -0.462 e. The predicted octanol–water partition coefficient (Wildman–Crippen LogP) is 3.38. The van der Waals surface area contributed by atoms with Crippen LogP contribution >= 0.6 is 23.5 Å². The summed E-state index contributed by atoms with van der Waals surface area (Å²) in [5.74, 6) is -0.400. The number of nitriles is 2. The number of carbonyl (C=O) groups excluding carboxylic acids is 1. The first-order chi connectivity index (χ1) is 10.7. The first-order valence-electron chi connectivity index (χ1n) is 7.27. The van der Waals surface area contributed by atoms with E-state index >= 15 is 0 Å². The first kappa shape index (κ1) is 16.8. The van der Waals surface area contributed by atoms with Gasteiger partial charge in [0.1, 0.15) is 22.6 Å². The van der Waals surface area contributed by atoms with E-state index in [1.165, 1.54) is 31.0 Å². The third-order valence-electron chi connectivity index (χ3n) is 3.42. The molecule has 1 heterocycles. The molecule has 0 saturated heterocycles. The first-order valence-corrected chi connectivity index (χ1v) is 8.91. The molecule has 1 N–H and O–H groups in total. The van der Waals surface area contributed by atoms with Gasteiger partial charge in [0.25, 0.3) is 0 Å². The average Bonchev–Trinajstić information content (AvgIpc) is 2.93. The fourth-order valence-corrected chi connectivity index (χ4v) is 4.75. The van der Waals surface area contributed by atoms with Gasteiger partial charge >= 0.3 is 5.97 Å². The van der Waals surface area contributed by atoms with Gasteiger partial charge in [0, 0.05) is 6.04 Å². The standard InChI is InChI=1S/C15H17N3O2S2/c1-2-20-14(19)12-13(18-11-6-4-3-5-7-11)22-15(21-12)10(8-16)9-17/h11,18H,2-7H2,1H3. The smallest absolute Gasteiger partial charge is 0.347 e. The molecule has 0 aromatic rings. The lowest BCUT2D eigenvalue weighted by molar-refractivity contribution is -0.137. The maximum atomic E-state index is 12.1. The quantitative estimate of drug-likeness (QED) is 0.622. The van der Waals surface area contributed by atoms with Gasteiger partial charge < -0.3 is 10.1 Å². The number of nitrogens with one attached hydrogen (secondary N) is 1. The van der Waals surface area contributed by atoms with Gasteiger partial charge in [0.15, 0.2) is 0 Å². The second kappa shape index (κ2) is 8.17. The summed E-state index contributed by atoms with van der Waals surface area (Å²) in [5, 5.41) is 22.1. The summed E-state index contributed by atoms with van der Waals surface area (Å²) in [6.45, 7) is 2.05. The molecule has 7 heteroatoms. The zero-order valence-electron chi connectivity index (χ0n) is 12.3. The normalized spacial score (nSPS) is 18.6. The van der Waals surface area contributed by atoms with Crippen molar-refractivity contribution in [1.82, 2.24) is 5.32 Å². The molecule has 0 aromatic carbocycles. The SMILES string of the molecule is CCOC(=O)C1=C(NC2CCCCC2)SC(=C(C#N)C#N)S1. The van der Waals surface area contributed by atoms with Crippen molar-refractivity contribution < 1.29 is 9.53 Å². The Morgan fingerprint density at radius 1 is 1.27 bits per heavy atom. The highest BCUT2D eigenvalue weighted by Gasteiger charge is 2.31. The monoisotopic (exact) mass is 335 g/mol. The molecule has 0 spiro atoms. The lowest BCUT2D eigenvalue weighted by Crippen LogP contribution is -2.30. The molecule has 22 heavy (non-hydrogen) atoms. The van der Waals surface area contributed by atoms with Gasteiger partial charge in [-0.3, -0.25) is 0 Å². The van der Waals surface area contributed by atoms with Crippen LogP contribution in [0.2, 0.25) is 0 Å².